The zero-order valence-electron chi connectivity index (χ0n) is 19.2. The molecule has 0 aliphatic rings. The largest absolute Gasteiger partial charge is 0.462 e. The second-order valence-electron chi connectivity index (χ2n) is 7.82. The summed E-state index contributed by atoms with van der Waals surface area (Å²) < 4.78 is 22.8. The highest BCUT2D eigenvalue weighted by molar-refractivity contribution is 5.88. The number of aliphatic hydroxyl groups excluding tert-OH is 2. The lowest BCUT2D eigenvalue weighted by atomic mass is 9.96. The molecule has 0 spiro atoms. The number of halogens is 1. The summed E-state index contributed by atoms with van der Waals surface area (Å²) in [4.78, 5) is 23.5. The molecule has 0 fully saturated rings. The first-order chi connectivity index (χ1) is 16.4. The number of benzene rings is 2. The molecule has 2 rings (SSSR count). The monoisotopic (exact) mass is 470 g/mol. The average molecular weight is 471 g/mol. The van der Waals surface area contributed by atoms with Gasteiger partial charge in [-0.2, -0.15) is 0 Å². The van der Waals surface area contributed by atoms with Crippen molar-refractivity contribution in [2.75, 3.05) is 33.1 Å². The minimum atomic E-state index is -0.640. The molecule has 0 saturated heterocycles. The third-order valence-corrected chi connectivity index (χ3v) is 5.15. The summed E-state index contributed by atoms with van der Waals surface area (Å²) in [6.45, 7) is 5.88. The summed E-state index contributed by atoms with van der Waals surface area (Å²) in [6.07, 6.45) is 2.06. The van der Waals surface area contributed by atoms with E-state index in [0.717, 1.165) is 27.8 Å². The van der Waals surface area contributed by atoms with E-state index in [-0.39, 0.29) is 31.0 Å². The van der Waals surface area contributed by atoms with E-state index in [2.05, 4.69) is 13.2 Å². The molecule has 7 heteroatoms. The molecule has 6 nitrogen and oxygen atoms in total. The van der Waals surface area contributed by atoms with E-state index < -0.39 is 25.2 Å². The van der Waals surface area contributed by atoms with Gasteiger partial charge in [-0.1, -0.05) is 55.6 Å². The zero-order chi connectivity index (χ0) is 24.9. The van der Waals surface area contributed by atoms with Crippen LogP contribution in [0.25, 0.3) is 11.1 Å². The topological polar surface area (TPSA) is 93.1 Å². The van der Waals surface area contributed by atoms with Crippen LogP contribution < -0.4 is 0 Å². The molecule has 0 heterocycles. The van der Waals surface area contributed by atoms with Crippen LogP contribution in [0, 0.1) is 0 Å². The molecule has 2 aromatic rings. The molecule has 0 amide bonds. The number of esters is 2. The van der Waals surface area contributed by atoms with Crippen molar-refractivity contribution in [2.45, 2.75) is 25.7 Å². The van der Waals surface area contributed by atoms with Crippen molar-refractivity contribution < 1.29 is 33.7 Å². The second-order valence-corrected chi connectivity index (χ2v) is 7.82. The number of rotatable bonds is 14. The summed E-state index contributed by atoms with van der Waals surface area (Å²) in [5.74, 6) is -1.28. The summed E-state index contributed by atoms with van der Waals surface area (Å²) in [6, 6.07) is 13.8. The smallest absolute Gasteiger partial charge is 0.335 e. The van der Waals surface area contributed by atoms with Crippen LogP contribution in [-0.4, -0.2) is 55.3 Å². The van der Waals surface area contributed by atoms with Gasteiger partial charge in [0.05, 0.1) is 44.2 Å². The SMILES string of the molecule is C=C(CO)C(=O)OCCc1cc(CCOC(=O)C(=C)CO)cc(-c2ccc(CCCF)cc2)c1. The first-order valence-electron chi connectivity index (χ1n) is 11.1. The first kappa shape index (κ1) is 27.0. The maximum Gasteiger partial charge on any atom is 0.335 e. The first-order valence-corrected chi connectivity index (χ1v) is 11.1. The van der Waals surface area contributed by atoms with E-state index in [4.69, 9.17) is 19.7 Å². The van der Waals surface area contributed by atoms with Gasteiger partial charge >= 0.3 is 11.9 Å². The zero-order valence-corrected chi connectivity index (χ0v) is 19.2. The summed E-state index contributed by atoms with van der Waals surface area (Å²) >= 11 is 0. The van der Waals surface area contributed by atoms with Gasteiger partial charge in [0, 0.05) is 12.8 Å². The second kappa shape index (κ2) is 14.1. The molecule has 34 heavy (non-hydrogen) atoms. The fourth-order valence-corrected chi connectivity index (χ4v) is 3.21. The Labute approximate surface area is 199 Å². The van der Waals surface area contributed by atoms with Gasteiger partial charge in [-0.25, -0.2) is 9.59 Å². The van der Waals surface area contributed by atoms with Gasteiger partial charge in [0.15, 0.2) is 0 Å². The third-order valence-electron chi connectivity index (χ3n) is 5.15. The number of alkyl halides is 1. The van der Waals surface area contributed by atoms with Crippen LogP contribution in [-0.2, 0) is 38.3 Å². The van der Waals surface area contributed by atoms with Crippen molar-refractivity contribution in [3.8, 4) is 11.1 Å². The van der Waals surface area contributed by atoms with Crippen LogP contribution in [0.2, 0.25) is 0 Å². The molecule has 0 aliphatic carbocycles. The molecular formula is C27H31FO6. The highest BCUT2D eigenvalue weighted by Crippen LogP contribution is 2.24. The summed E-state index contributed by atoms with van der Waals surface area (Å²) in [5.41, 5.74) is 4.81. The van der Waals surface area contributed by atoms with E-state index in [0.29, 0.717) is 25.7 Å². The Bertz CT molecular complexity index is 944. The Morgan fingerprint density at radius 3 is 1.68 bits per heavy atom. The van der Waals surface area contributed by atoms with Crippen molar-refractivity contribution in [1.29, 1.82) is 0 Å². The standard InChI is InChI=1S/C27H31FO6/c1-19(17-29)26(31)33-12-9-22-14-23(10-13-34-27(32)20(2)18-30)16-25(15-22)24-7-5-21(6-8-24)4-3-11-28/h5-8,14-16,29-30H,1-4,9-13,17-18H2. The van der Waals surface area contributed by atoms with Crippen molar-refractivity contribution in [1.82, 2.24) is 0 Å². The minimum absolute atomic E-state index is 0.00595. The molecule has 0 saturated carbocycles. The van der Waals surface area contributed by atoms with Crippen LogP contribution in [0.1, 0.15) is 23.1 Å². The molecule has 0 atom stereocenters. The fourth-order valence-electron chi connectivity index (χ4n) is 3.21. The third kappa shape index (κ3) is 8.57. The molecular weight excluding hydrogens is 439 g/mol. The highest BCUT2D eigenvalue weighted by Gasteiger charge is 2.10. The van der Waals surface area contributed by atoms with Crippen molar-refractivity contribution in [2.24, 2.45) is 0 Å². The number of hydrogen-bond donors (Lipinski definition) is 2. The predicted octanol–water partition coefficient (Wildman–Crippen LogP) is 3.52. The number of hydrogen-bond acceptors (Lipinski definition) is 6. The predicted molar refractivity (Wildman–Crippen MR) is 128 cm³/mol. The highest BCUT2D eigenvalue weighted by atomic mass is 19.1. The van der Waals surface area contributed by atoms with Gasteiger partial charge in [0.25, 0.3) is 0 Å². The van der Waals surface area contributed by atoms with Gasteiger partial charge in [0.1, 0.15) is 0 Å². The molecule has 182 valence electrons. The average Bonchev–Trinajstić information content (AvgIpc) is 2.86. The molecule has 0 unspecified atom stereocenters. The number of aliphatic hydroxyl groups is 2. The van der Waals surface area contributed by atoms with Gasteiger partial charge < -0.3 is 19.7 Å². The van der Waals surface area contributed by atoms with E-state index in [9.17, 15) is 14.0 Å². The molecule has 0 radical (unpaired) electrons. The maximum atomic E-state index is 12.4. The Morgan fingerprint density at radius 1 is 0.735 bits per heavy atom. The van der Waals surface area contributed by atoms with E-state index in [1.54, 1.807) is 0 Å². The molecule has 2 N–H and O–H groups in total. The van der Waals surface area contributed by atoms with Crippen LogP contribution in [0.15, 0.2) is 66.8 Å². The van der Waals surface area contributed by atoms with Crippen molar-refractivity contribution in [3.63, 3.8) is 0 Å². The van der Waals surface area contributed by atoms with E-state index >= 15 is 0 Å². The molecule has 0 aromatic heterocycles. The Morgan fingerprint density at radius 2 is 1.24 bits per heavy atom. The Hall–Kier alpha value is -3.29. The lowest BCUT2D eigenvalue weighted by Crippen LogP contribution is -2.13. The van der Waals surface area contributed by atoms with Gasteiger partial charge in [-0.05, 0) is 40.7 Å². The summed E-state index contributed by atoms with van der Waals surface area (Å²) in [7, 11) is 0. The molecule has 0 bridgehead atoms. The van der Waals surface area contributed by atoms with Gasteiger partial charge in [-0.3, -0.25) is 4.39 Å². The molecule has 0 aliphatic heterocycles. The van der Waals surface area contributed by atoms with Gasteiger partial charge in [-0.15, -0.1) is 0 Å². The minimum Gasteiger partial charge on any atom is -0.462 e. The van der Waals surface area contributed by atoms with Crippen LogP contribution in [0.5, 0.6) is 0 Å². The maximum absolute atomic E-state index is 12.4. The number of carbonyl (C=O) groups excluding carboxylic acids is 2. The van der Waals surface area contributed by atoms with Gasteiger partial charge in [0.2, 0.25) is 0 Å². The Kier molecular flexibility index (Phi) is 11.2. The van der Waals surface area contributed by atoms with Crippen molar-refractivity contribution >= 4 is 11.9 Å². The van der Waals surface area contributed by atoms with E-state index in [1.165, 1.54) is 0 Å². The lowest BCUT2D eigenvalue weighted by molar-refractivity contribution is -0.140. The van der Waals surface area contributed by atoms with Crippen LogP contribution in [0.3, 0.4) is 0 Å². The quantitative estimate of drug-likeness (QED) is 0.324. The van der Waals surface area contributed by atoms with Crippen LogP contribution >= 0.6 is 0 Å². The van der Waals surface area contributed by atoms with Crippen LogP contribution in [0.4, 0.5) is 4.39 Å². The number of aryl methyl sites for hydroxylation is 1. The normalized spacial score (nSPS) is 10.6. The molecule has 2 aromatic carbocycles. The summed E-state index contributed by atoms with van der Waals surface area (Å²) in [5, 5.41) is 18.0. The number of carbonyl (C=O) groups is 2. The van der Waals surface area contributed by atoms with E-state index in [1.807, 2.05) is 42.5 Å². The Balaban J connectivity index is 2.17. The number of ether oxygens (including phenoxy) is 2. The fraction of sp³-hybridized carbons (Fsp3) is 0.333. The lowest BCUT2D eigenvalue weighted by Gasteiger charge is -2.12. The van der Waals surface area contributed by atoms with Crippen molar-refractivity contribution in [3.05, 3.63) is 83.5 Å².